The van der Waals surface area contributed by atoms with Gasteiger partial charge in [-0.15, -0.1) is 0 Å². The summed E-state index contributed by atoms with van der Waals surface area (Å²) in [5.74, 6) is 1.52. The van der Waals surface area contributed by atoms with Crippen molar-refractivity contribution in [3.63, 3.8) is 0 Å². The number of carbonyl (C=O) groups is 1. The average molecular weight is 296 g/mol. The second-order valence-corrected chi connectivity index (χ2v) is 5.88. The van der Waals surface area contributed by atoms with Crippen molar-refractivity contribution in [1.82, 2.24) is 5.32 Å². The van der Waals surface area contributed by atoms with Crippen molar-refractivity contribution in [3.8, 4) is 11.5 Å². The van der Waals surface area contributed by atoms with E-state index in [1.807, 2.05) is 0 Å². The molecule has 1 aromatic carbocycles. The van der Waals surface area contributed by atoms with Gasteiger partial charge >= 0.3 is 0 Å². The smallest absolute Gasteiger partial charge is 0.251 e. The molecule has 1 aliphatic heterocycles. The third-order valence-corrected chi connectivity index (χ3v) is 4.32. The van der Waals surface area contributed by atoms with Gasteiger partial charge < -0.3 is 14.8 Å². The molecule has 1 N–H and O–H groups in total. The Morgan fingerprint density at radius 3 is 2.85 bits per heavy atom. The van der Waals surface area contributed by atoms with E-state index in [4.69, 9.17) is 21.1 Å². The number of nitrogens with one attached hydrogen (secondary N) is 1. The quantitative estimate of drug-likeness (QED) is 0.912. The van der Waals surface area contributed by atoms with Crippen LogP contribution >= 0.6 is 11.6 Å². The molecule has 0 aromatic heterocycles. The Balaban J connectivity index is 1.79. The molecule has 1 fully saturated rings. The van der Waals surface area contributed by atoms with Crippen LogP contribution in [0.25, 0.3) is 0 Å². The molecule has 0 unspecified atom stereocenters. The van der Waals surface area contributed by atoms with E-state index < -0.39 is 0 Å². The molecule has 1 saturated carbocycles. The summed E-state index contributed by atoms with van der Waals surface area (Å²) in [7, 11) is 0. The van der Waals surface area contributed by atoms with Crippen LogP contribution < -0.4 is 14.8 Å². The fourth-order valence-electron chi connectivity index (χ4n) is 2.85. The van der Waals surface area contributed by atoms with Gasteiger partial charge in [0, 0.05) is 11.6 Å². The molecule has 1 aliphatic carbocycles. The first-order valence-corrected chi connectivity index (χ1v) is 7.43. The molecule has 0 bridgehead atoms. The largest absolute Gasteiger partial charge is 0.486 e. The van der Waals surface area contributed by atoms with E-state index in [2.05, 4.69) is 12.2 Å². The standard InChI is InChI=1S/C15H18ClNO3/c1-9-3-2-4-12(9)17-15(18)10-7-11(16)14-13(8-10)19-5-6-20-14/h7-9,12H,2-6H2,1H3,(H,17,18)/t9-,12-/m1/s1. The van der Waals surface area contributed by atoms with E-state index in [1.54, 1.807) is 12.1 Å². The highest BCUT2D eigenvalue weighted by atomic mass is 35.5. The number of benzene rings is 1. The lowest BCUT2D eigenvalue weighted by molar-refractivity contribution is 0.0928. The van der Waals surface area contributed by atoms with Crippen LogP contribution in [-0.4, -0.2) is 25.2 Å². The van der Waals surface area contributed by atoms with Crippen molar-refractivity contribution in [2.45, 2.75) is 32.2 Å². The molecule has 0 saturated heterocycles. The van der Waals surface area contributed by atoms with Crippen molar-refractivity contribution < 1.29 is 14.3 Å². The third-order valence-electron chi connectivity index (χ3n) is 4.04. The van der Waals surface area contributed by atoms with E-state index in [-0.39, 0.29) is 11.9 Å². The number of fused-ring (bicyclic) bond motifs is 1. The van der Waals surface area contributed by atoms with E-state index >= 15 is 0 Å². The van der Waals surface area contributed by atoms with Gasteiger partial charge in [0.1, 0.15) is 13.2 Å². The molecule has 108 valence electrons. The first kappa shape index (κ1) is 13.6. The number of hydrogen-bond donors (Lipinski definition) is 1. The highest BCUT2D eigenvalue weighted by Crippen LogP contribution is 2.38. The minimum absolute atomic E-state index is 0.0948. The molecule has 1 heterocycles. The van der Waals surface area contributed by atoms with Gasteiger partial charge in [-0.2, -0.15) is 0 Å². The van der Waals surface area contributed by atoms with E-state index in [1.165, 1.54) is 12.8 Å². The van der Waals surface area contributed by atoms with Crippen LogP contribution in [0.3, 0.4) is 0 Å². The van der Waals surface area contributed by atoms with Gasteiger partial charge in [-0.1, -0.05) is 24.9 Å². The zero-order valence-corrected chi connectivity index (χ0v) is 12.2. The van der Waals surface area contributed by atoms with Crippen LogP contribution in [0, 0.1) is 5.92 Å². The van der Waals surface area contributed by atoms with Crippen molar-refractivity contribution in [3.05, 3.63) is 22.7 Å². The van der Waals surface area contributed by atoms with Crippen LogP contribution in [0.5, 0.6) is 11.5 Å². The number of halogens is 1. The van der Waals surface area contributed by atoms with E-state index in [0.717, 1.165) is 6.42 Å². The molecule has 2 atom stereocenters. The molecule has 0 radical (unpaired) electrons. The number of rotatable bonds is 2. The maximum absolute atomic E-state index is 12.3. The van der Waals surface area contributed by atoms with Gasteiger partial charge in [0.25, 0.3) is 5.91 Å². The maximum atomic E-state index is 12.3. The molecule has 2 aliphatic rings. The fourth-order valence-corrected chi connectivity index (χ4v) is 3.12. The summed E-state index contributed by atoms with van der Waals surface area (Å²) in [4.78, 5) is 12.3. The Hall–Kier alpha value is -1.42. The predicted molar refractivity (Wildman–Crippen MR) is 76.7 cm³/mol. The molecule has 4 nitrogen and oxygen atoms in total. The van der Waals surface area contributed by atoms with Crippen molar-refractivity contribution in [1.29, 1.82) is 0 Å². The van der Waals surface area contributed by atoms with Crippen molar-refractivity contribution in [2.24, 2.45) is 5.92 Å². The van der Waals surface area contributed by atoms with Crippen molar-refractivity contribution in [2.75, 3.05) is 13.2 Å². The lowest BCUT2D eigenvalue weighted by Crippen LogP contribution is -2.36. The zero-order chi connectivity index (χ0) is 14.1. The first-order chi connectivity index (χ1) is 9.65. The van der Waals surface area contributed by atoms with Crippen LogP contribution in [0.1, 0.15) is 36.5 Å². The minimum Gasteiger partial charge on any atom is -0.486 e. The highest BCUT2D eigenvalue weighted by molar-refractivity contribution is 6.32. The molecule has 1 aromatic rings. The second kappa shape index (κ2) is 5.52. The second-order valence-electron chi connectivity index (χ2n) is 5.47. The maximum Gasteiger partial charge on any atom is 0.251 e. The number of ether oxygens (including phenoxy) is 2. The van der Waals surface area contributed by atoms with Crippen LogP contribution in [0.4, 0.5) is 0 Å². The Morgan fingerprint density at radius 1 is 1.30 bits per heavy atom. The van der Waals surface area contributed by atoms with Gasteiger partial charge in [0.2, 0.25) is 0 Å². The van der Waals surface area contributed by atoms with Gasteiger partial charge in [-0.05, 0) is 30.9 Å². The fraction of sp³-hybridized carbons (Fsp3) is 0.533. The summed E-state index contributed by atoms with van der Waals surface area (Å²) in [5, 5.41) is 3.51. The van der Waals surface area contributed by atoms with Gasteiger partial charge in [0.05, 0.1) is 5.02 Å². The van der Waals surface area contributed by atoms with Gasteiger partial charge in [-0.3, -0.25) is 4.79 Å². The summed E-state index contributed by atoms with van der Waals surface area (Å²) >= 11 is 6.15. The zero-order valence-electron chi connectivity index (χ0n) is 11.4. The summed E-state index contributed by atoms with van der Waals surface area (Å²) in [6.45, 7) is 3.14. The summed E-state index contributed by atoms with van der Waals surface area (Å²) in [5.41, 5.74) is 0.526. The lowest BCUT2D eigenvalue weighted by Gasteiger charge is -2.21. The number of amides is 1. The SMILES string of the molecule is C[C@@H]1CCC[C@H]1NC(=O)c1cc(Cl)c2c(c1)OCCO2. The average Bonchev–Trinajstić information content (AvgIpc) is 2.84. The predicted octanol–water partition coefficient (Wildman–Crippen LogP) is 3.03. The first-order valence-electron chi connectivity index (χ1n) is 7.05. The minimum atomic E-state index is -0.0948. The van der Waals surface area contributed by atoms with Crippen molar-refractivity contribution >= 4 is 17.5 Å². The summed E-state index contributed by atoms with van der Waals surface area (Å²) in [6.07, 6.45) is 3.39. The molecule has 20 heavy (non-hydrogen) atoms. The molecule has 3 rings (SSSR count). The topological polar surface area (TPSA) is 47.6 Å². The van der Waals surface area contributed by atoms with Crippen LogP contribution in [0.15, 0.2) is 12.1 Å². The molecular weight excluding hydrogens is 278 g/mol. The normalized spacial score (nSPS) is 24.5. The lowest BCUT2D eigenvalue weighted by atomic mass is 10.1. The van der Waals surface area contributed by atoms with Crippen LogP contribution in [0.2, 0.25) is 5.02 Å². The Bertz CT molecular complexity index is 532. The molecule has 5 heteroatoms. The number of carbonyl (C=O) groups excluding carboxylic acids is 1. The van der Waals surface area contributed by atoms with E-state index in [0.29, 0.717) is 41.2 Å². The van der Waals surface area contributed by atoms with E-state index in [9.17, 15) is 4.79 Å². The Labute approximate surface area is 123 Å². The Morgan fingerprint density at radius 2 is 2.10 bits per heavy atom. The monoisotopic (exact) mass is 295 g/mol. The Kier molecular flexibility index (Phi) is 3.74. The molecular formula is C15H18ClNO3. The van der Waals surface area contributed by atoms with Gasteiger partial charge in [0.15, 0.2) is 11.5 Å². The summed E-state index contributed by atoms with van der Waals surface area (Å²) in [6, 6.07) is 3.61. The number of hydrogen-bond acceptors (Lipinski definition) is 3. The van der Waals surface area contributed by atoms with Crippen LogP contribution in [-0.2, 0) is 0 Å². The third kappa shape index (κ3) is 2.57. The molecule has 1 amide bonds. The van der Waals surface area contributed by atoms with Gasteiger partial charge in [-0.25, -0.2) is 0 Å². The summed E-state index contributed by atoms with van der Waals surface area (Å²) < 4.78 is 10.9. The highest BCUT2D eigenvalue weighted by Gasteiger charge is 2.26. The molecule has 0 spiro atoms.